The lowest BCUT2D eigenvalue weighted by Crippen LogP contribution is -2.10. The van der Waals surface area contributed by atoms with E-state index < -0.39 is 0 Å². The quantitative estimate of drug-likeness (QED) is 0.702. The molecule has 0 radical (unpaired) electrons. The second-order valence-electron chi connectivity index (χ2n) is 6.12. The first kappa shape index (κ1) is 13.8. The maximum atomic E-state index is 9.07. The Balaban J connectivity index is 2.10. The molecule has 0 saturated carbocycles. The molecular formula is C17H17N3S. The molecule has 1 aromatic carbocycles. The number of nitrogens with zero attached hydrogens (tertiary/aromatic N) is 3. The third kappa shape index (κ3) is 2.45. The summed E-state index contributed by atoms with van der Waals surface area (Å²) < 4.78 is 2.01. The monoisotopic (exact) mass is 295 g/mol. The van der Waals surface area contributed by atoms with Gasteiger partial charge in [0.15, 0.2) is 4.96 Å². The first-order valence-electron chi connectivity index (χ1n) is 6.93. The Kier molecular flexibility index (Phi) is 3.30. The zero-order valence-corrected chi connectivity index (χ0v) is 13.2. The zero-order chi connectivity index (χ0) is 15.0. The zero-order valence-electron chi connectivity index (χ0n) is 12.4. The fourth-order valence-electron chi connectivity index (χ4n) is 2.44. The summed E-state index contributed by atoms with van der Waals surface area (Å²) >= 11 is 1.59. The molecule has 21 heavy (non-hydrogen) atoms. The minimum Gasteiger partial charge on any atom is -0.293 e. The Morgan fingerprint density at radius 2 is 1.95 bits per heavy atom. The van der Waals surface area contributed by atoms with Crippen molar-refractivity contribution < 1.29 is 0 Å². The van der Waals surface area contributed by atoms with Crippen LogP contribution in [0.3, 0.4) is 0 Å². The van der Waals surface area contributed by atoms with Gasteiger partial charge in [-0.05, 0) is 11.0 Å². The summed E-state index contributed by atoms with van der Waals surface area (Å²) in [6.45, 7) is 6.61. The number of imidazole rings is 1. The Bertz CT molecular complexity index is 810. The number of nitriles is 1. The van der Waals surface area contributed by atoms with Crippen LogP contribution in [0, 0.1) is 11.3 Å². The van der Waals surface area contributed by atoms with E-state index in [1.54, 1.807) is 11.3 Å². The van der Waals surface area contributed by atoms with Crippen LogP contribution in [0.25, 0.3) is 16.2 Å². The molecule has 0 aliphatic rings. The summed E-state index contributed by atoms with van der Waals surface area (Å²) in [6, 6.07) is 10.8. The van der Waals surface area contributed by atoms with E-state index in [2.05, 4.69) is 56.1 Å². The number of rotatable bonds is 2. The molecule has 0 aliphatic heterocycles. The van der Waals surface area contributed by atoms with E-state index in [-0.39, 0.29) is 5.41 Å². The summed E-state index contributed by atoms with van der Waals surface area (Å²) in [5.41, 5.74) is 4.40. The Labute approximate surface area is 128 Å². The molecule has 0 unspecified atom stereocenters. The molecule has 3 rings (SSSR count). The van der Waals surface area contributed by atoms with E-state index >= 15 is 0 Å². The smallest absolute Gasteiger partial charge is 0.194 e. The van der Waals surface area contributed by atoms with Gasteiger partial charge in [-0.1, -0.05) is 45.0 Å². The van der Waals surface area contributed by atoms with Gasteiger partial charge in [0.2, 0.25) is 0 Å². The van der Waals surface area contributed by atoms with Crippen LogP contribution in [-0.2, 0) is 11.8 Å². The van der Waals surface area contributed by atoms with Crippen molar-refractivity contribution in [3.63, 3.8) is 0 Å². The first-order chi connectivity index (χ1) is 10.0. The van der Waals surface area contributed by atoms with Crippen LogP contribution in [-0.4, -0.2) is 9.38 Å². The third-order valence-corrected chi connectivity index (χ3v) is 4.39. The van der Waals surface area contributed by atoms with Gasteiger partial charge in [-0.3, -0.25) is 4.40 Å². The molecule has 3 aromatic rings. The number of aromatic nitrogens is 2. The molecular weight excluding hydrogens is 278 g/mol. The number of hydrogen-bond acceptors (Lipinski definition) is 3. The van der Waals surface area contributed by atoms with E-state index in [1.807, 2.05) is 16.0 Å². The molecule has 0 fully saturated rings. The minimum atomic E-state index is 0.141. The van der Waals surface area contributed by atoms with Gasteiger partial charge in [-0.2, -0.15) is 5.26 Å². The van der Waals surface area contributed by atoms with Crippen LogP contribution in [0.15, 0.2) is 35.8 Å². The van der Waals surface area contributed by atoms with Crippen molar-refractivity contribution in [2.24, 2.45) is 0 Å². The molecule has 0 aliphatic carbocycles. The van der Waals surface area contributed by atoms with Crippen LogP contribution in [0.1, 0.15) is 32.0 Å². The summed E-state index contributed by atoms with van der Waals surface area (Å²) in [5.74, 6) is 0. The van der Waals surface area contributed by atoms with Gasteiger partial charge in [0.05, 0.1) is 23.9 Å². The van der Waals surface area contributed by atoms with Gasteiger partial charge in [-0.25, -0.2) is 4.98 Å². The molecule has 0 spiro atoms. The highest BCUT2D eigenvalue weighted by Crippen LogP contribution is 2.29. The fraction of sp³-hybridized carbons (Fsp3) is 0.294. The van der Waals surface area contributed by atoms with Gasteiger partial charge in [0.25, 0.3) is 0 Å². The minimum absolute atomic E-state index is 0.141. The molecule has 2 heterocycles. The van der Waals surface area contributed by atoms with Crippen LogP contribution in [0.4, 0.5) is 0 Å². The maximum Gasteiger partial charge on any atom is 0.194 e. The SMILES string of the molecule is CC(C)(C)c1ccc(-c2nc3sccn3c2CC#N)cc1. The molecule has 0 atom stereocenters. The number of fused-ring (bicyclic) bond motifs is 1. The van der Waals surface area contributed by atoms with Crippen LogP contribution >= 0.6 is 11.3 Å². The van der Waals surface area contributed by atoms with Crippen molar-refractivity contribution in [3.05, 3.63) is 47.1 Å². The lowest BCUT2D eigenvalue weighted by molar-refractivity contribution is 0.590. The normalized spacial score (nSPS) is 11.7. The van der Waals surface area contributed by atoms with Crippen LogP contribution < -0.4 is 0 Å². The predicted octanol–water partition coefficient (Wildman–Crippen LogP) is 4.43. The van der Waals surface area contributed by atoms with E-state index in [0.29, 0.717) is 6.42 Å². The van der Waals surface area contributed by atoms with Crippen molar-refractivity contribution >= 4 is 16.3 Å². The number of hydrogen-bond donors (Lipinski definition) is 0. The lowest BCUT2D eigenvalue weighted by atomic mass is 9.86. The molecule has 4 heteroatoms. The highest BCUT2D eigenvalue weighted by Gasteiger charge is 2.17. The maximum absolute atomic E-state index is 9.07. The number of benzene rings is 1. The lowest BCUT2D eigenvalue weighted by Gasteiger charge is -2.19. The molecule has 106 valence electrons. The van der Waals surface area contributed by atoms with Gasteiger partial charge < -0.3 is 0 Å². The van der Waals surface area contributed by atoms with Gasteiger partial charge in [0.1, 0.15) is 0 Å². The summed E-state index contributed by atoms with van der Waals surface area (Å²) in [6.07, 6.45) is 2.35. The summed E-state index contributed by atoms with van der Waals surface area (Å²) in [7, 11) is 0. The molecule has 3 nitrogen and oxygen atoms in total. The first-order valence-corrected chi connectivity index (χ1v) is 7.81. The Morgan fingerprint density at radius 1 is 1.24 bits per heavy atom. The largest absolute Gasteiger partial charge is 0.293 e. The van der Waals surface area contributed by atoms with Crippen molar-refractivity contribution in [1.82, 2.24) is 9.38 Å². The van der Waals surface area contributed by atoms with E-state index in [1.165, 1.54) is 5.56 Å². The Hall–Kier alpha value is -2.12. The van der Waals surface area contributed by atoms with Crippen molar-refractivity contribution in [1.29, 1.82) is 5.26 Å². The highest BCUT2D eigenvalue weighted by molar-refractivity contribution is 7.15. The average Bonchev–Trinajstić information content (AvgIpc) is 3.01. The fourth-order valence-corrected chi connectivity index (χ4v) is 3.17. The van der Waals surface area contributed by atoms with E-state index in [9.17, 15) is 0 Å². The second-order valence-corrected chi connectivity index (χ2v) is 7.00. The third-order valence-electron chi connectivity index (χ3n) is 3.63. The molecule has 0 bridgehead atoms. The molecule has 0 saturated heterocycles. The van der Waals surface area contributed by atoms with E-state index in [0.717, 1.165) is 21.9 Å². The van der Waals surface area contributed by atoms with Gasteiger partial charge in [0, 0.05) is 17.1 Å². The van der Waals surface area contributed by atoms with Crippen molar-refractivity contribution in [2.45, 2.75) is 32.6 Å². The van der Waals surface area contributed by atoms with Gasteiger partial charge >= 0.3 is 0 Å². The van der Waals surface area contributed by atoms with Crippen LogP contribution in [0.2, 0.25) is 0 Å². The molecule has 2 aromatic heterocycles. The highest BCUT2D eigenvalue weighted by atomic mass is 32.1. The van der Waals surface area contributed by atoms with Gasteiger partial charge in [-0.15, -0.1) is 11.3 Å². The van der Waals surface area contributed by atoms with Crippen molar-refractivity contribution in [3.8, 4) is 17.3 Å². The van der Waals surface area contributed by atoms with E-state index in [4.69, 9.17) is 5.26 Å². The van der Waals surface area contributed by atoms with Crippen molar-refractivity contribution in [2.75, 3.05) is 0 Å². The molecule has 0 N–H and O–H groups in total. The Morgan fingerprint density at radius 3 is 2.57 bits per heavy atom. The standard InChI is InChI=1S/C17H17N3S/c1-17(2,3)13-6-4-12(5-7-13)15-14(8-9-18)20-10-11-21-16(20)19-15/h4-7,10-11H,8H2,1-3H3. The summed E-state index contributed by atoms with van der Waals surface area (Å²) in [5, 5.41) is 11.1. The van der Waals surface area contributed by atoms with Crippen LogP contribution in [0.5, 0.6) is 0 Å². The second kappa shape index (κ2) is 5.01. The summed E-state index contributed by atoms with van der Waals surface area (Å²) in [4.78, 5) is 5.62. The predicted molar refractivity (Wildman–Crippen MR) is 86.5 cm³/mol. The molecule has 0 amide bonds. The topological polar surface area (TPSA) is 41.1 Å². The average molecular weight is 295 g/mol. The number of thiazole rings is 1.